The topological polar surface area (TPSA) is 63.1 Å². The molecule has 0 saturated heterocycles. The van der Waals surface area contributed by atoms with Crippen molar-refractivity contribution >= 4 is 22.7 Å². The molecule has 126 valence electrons. The van der Waals surface area contributed by atoms with E-state index in [1.165, 1.54) is 5.39 Å². The minimum absolute atomic E-state index is 0.0570. The van der Waals surface area contributed by atoms with E-state index < -0.39 is 0 Å². The zero-order valence-electron chi connectivity index (χ0n) is 13.7. The van der Waals surface area contributed by atoms with Gasteiger partial charge in [0.2, 0.25) is 5.91 Å². The zero-order chi connectivity index (χ0) is 17.2. The van der Waals surface area contributed by atoms with E-state index in [9.17, 15) is 9.59 Å². The molecular formula is C20H19N3O2. The SMILES string of the molecule is O=C(C[C@@H]1NC(=O)c2ccccc21)NCCn1ccc2ccccc21. The molecule has 0 unspecified atom stereocenters. The second-order valence-corrected chi connectivity index (χ2v) is 6.24. The Morgan fingerprint density at radius 1 is 1.08 bits per heavy atom. The van der Waals surface area contributed by atoms with Crippen LogP contribution in [-0.2, 0) is 11.3 Å². The molecular weight excluding hydrogens is 314 g/mol. The Bertz CT molecular complexity index is 945. The van der Waals surface area contributed by atoms with Gasteiger partial charge in [0.15, 0.2) is 0 Å². The average molecular weight is 333 g/mol. The molecule has 1 aromatic heterocycles. The molecule has 2 amide bonds. The first-order chi connectivity index (χ1) is 12.2. The lowest BCUT2D eigenvalue weighted by molar-refractivity contribution is -0.121. The molecule has 0 fully saturated rings. The van der Waals surface area contributed by atoms with Crippen molar-refractivity contribution in [1.82, 2.24) is 15.2 Å². The van der Waals surface area contributed by atoms with Gasteiger partial charge in [-0.15, -0.1) is 0 Å². The first-order valence-corrected chi connectivity index (χ1v) is 8.43. The third-order valence-corrected chi connectivity index (χ3v) is 4.63. The quantitative estimate of drug-likeness (QED) is 0.754. The maximum atomic E-state index is 12.2. The molecule has 4 rings (SSSR count). The molecule has 1 atom stereocenters. The number of carbonyl (C=O) groups is 2. The number of carbonyl (C=O) groups excluding carboxylic acids is 2. The highest BCUT2D eigenvalue weighted by molar-refractivity contribution is 5.99. The van der Waals surface area contributed by atoms with Crippen molar-refractivity contribution in [3.63, 3.8) is 0 Å². The molecule has 1 aliphatic heterocycles. The predicted molar refractivity (Wildman–Crippen MR) is 96.2 cm³/mol. The number of para-hydroxylation sites is 1. The van der Waals surface area contributed by atoms with Gasteiger partial charge in [-0.3, -0.25) is 9.59 Å². The molecule has 0 aliphatic carbocycles. The van der Waals surface area contributed by atoms with Crippen molar-refractivity contribution in [2.24, 2.45) is 0 Å². The highest BCUT2D eigenvalue weighted by Gasteiger charge is 2.29. The van der Waals surface area contributed by atoms with Crippen molar-refractivity contribution in [3.05, 3.63) is 71.9 Å². The van der Waals surface area contributed by atoms with E-state index in [2.05, 4.69) is 33.4 Å². The number of aromatic nitrogens is 1. The second kappa shape index (κ2) is 6.43. The van der Waals surface area contributed by atoms with Gasteiger partial charge in [0.05, 0.1) is 12.5 Å². The molecule has 2 heterocycles. The number of hydrogen-bond donors (Lipinski definition) is 2. The van der Waals surface area contributed by atoms with Crippen molar-refractivity contribution in [2.75, 3.05) is 6.54 Å². The van der Waals surface area contributed by atoms with Crippen LogP contribution in [0.5, 0.6) is 0 Å². The van der Waals surface area contributed by atoms with Crippen LogP contribution in [0.2, 0.25) is 0 Å². The van der Waals surface area contributed by atoms with Gasteiger partial charge in [0.1, 0.15) is 0 Å². The van der Waals surface area contributed by atoms with Gasteiger partial charge in [-0.1, -0.05) is 36.4 Å². The van der Waals surface area contributed by atoms with Gasteiger partial charge in [-0.25, -0.2) is 0 Å². The molecule has 0 radical (unpaired) electrons. The Morgan fingerprint density at radius 3 is 2.80 bits per heavy atom. The van der Waals surface area contributed by atoms with Gasteiger partial charge in [-0.2, -0.15) is 0 Å². The van der Waals surface area contributed by atoms with Crippen molar-refractivity contribution in [2.45, 2.75) is 19.0 Å². The zero-order valence-corrected chi connectivity index (χ0v) is 13.7. The number of benzene rings is 2. The molecule has 0 spiro atoms. The van der Waals surface area contributed by atoms with Crippen LogP contribution in [-0.4, -0.2) is 22.9 Å². The summed E-state index contributed by atoms with van der Waals surface area (Å²) in [4.78, 5) is 24.1. The molecule has 1 aliphatic rings. The monoisotopic (exact) mass is 333 g/mol. The minimum atomic E-state index is -0.240. The van der Waals surface area contributed by atoms with E-state index in [1.54, 1.807) is 6.07 Å². The van der Waals surface area contributed by atoms with Crippen molar-refractivity contribution in [1.29, 1.82) is 0 Å². The fourth-order valence-electron chi connectivity index (χ4n) is 3.39. The number of hydrogen-bond acceptors (Lipinski definition) is 2. The Morgan fingerprint density at radius 2 is 1.88 bits per heavy atom. The summed E-state index contributed by atoms with van der Waals surface area (Å²) in [6, 6.07) is 17.4. The Hall–Kier alpha value is -3.08. The number of fused-ring (bicyclic) bond motifs is 2. The van der Waals surface area contributed by atoms with Gasteiger partial charge in [-0.05, 0) is 29.1 Å². The molecule has 25 heavy (non-hydrogen) atoms. The first-order valence-electron chi connectivity index (χ1n) is 8.43. The highest BCUT2D eigenvalue weighted by Crippen LogP contribution is 2.27. The Balaban J connectivity index is 1.34. The van der Waals surface area contributed by atoms with Crippen LogP contribution in [0.4, 0.5) is 0 Å². The number of nitrogens with one attached hydrogen (secondary N) is 2. The van der Waals surface area contributed by atoms with Crippen LogP contribution in [0.1, 0.15) is 28.4 Å². The molecule has 5 nitrogen and oxygen atoms in total. The second-order valence-electron chi connectivity index (χ2n) is 6.24. The lowest BCUT2D eigenvalue weighted by atomic mass is 10.0. The lowest BCUT2D eigenvalue weighted by Gasteiger charge is -2.12. The van der Waals surface area contributed by atoms with E-state index >= 15 is 0 Å². The van der Waals surface area contributed by atoms with E-state index in [-0.39, 0.29) is 24.3 Å². The highest BCUT2D eigenvalue weighted by atomic mass is 16.2. The van der Waals surface area contributed by atoms with Crippen LogP contribution in [0.25, 0.3) is 10.9 Å². The maximum Gasteiger partial charge on any atom is 0.252 e. The Kier molecular flexibility index (Phi) is 3.98. The van der Waals surface area contributed by atoms with Crippen molar-refractivity contribution in [3.8, 4) is 0 Å². The van der Waals surface area contributed by atoms with Gasteiger partial charge in [0, 0.05) is 30.4 Å². The average Bonchev–Trinajstić information content (AvgIpc) is 3.17. The molecule has 2 N–H and O–H groups in total. The largest absolute Gasteiger partial charge is 0.354 e. The van der Waals surface area contributed by atoms with E-state index in [1.807, 2.05) is 36.5 Å². The van der Waals surface area contributed by atoms with Crippen molar-refractivity contribution < 1.29 is 9.59 Å². The summed E-state index contributed by atoms with van der Waals surface area (Å²) in [7, 11) is 0. The summed E-state index contributed by atoms with van der Waals surface area (Å²) in [6.07, 6.45) is 2.29. The molecule has 2 aromatic carbocycles. The maximum absolute atomic E-state index is 12.2. The fraction of sp³-hybridized carbons (Fsp3) is 0.200. The van der Waals surface area contributed by atoms with Gasteiger partial charge < -0.3 is 15.2 Å². The third-order valence-electron chi connectivity index (χ3n) is 4.63. The van der Waals surface area contributed by atoms with Crippen LogP contribution in [0.15, 0.2) is 60.8 Å². The van der Waals surface area contributed by atoms with E-state index in [4.69, 9.17) is 0 Å². The standard InChI is InChI=1S/C20H19N3O2/c24-19(13-17-15-6-2-3-7-16(15)20(25)22-17)21-10-12-23-11-9-14-5-1-4-8-18(14)23/h1-9,11,17H,10,12-13H2,(H,21,24)(H,22,25)/t17-/m0/s1. The smallest absolute Gasteiger partial charge is 0.252 e. The minimum Gasteiger partial charge on any atom is -0.354 e. The Labute approximate surface area is 145 Å². The van der Waals surface area contributed by atoms with E-state index in [0.717, 1.165) is 11.1 Å². The molecule has 0 saturated carbocycles. The number of rotatable bonds is 5. The summed E-state index contributed by atoms with van der Waals surface area (Å²) in [6.45, 7) is 1.27. The number of amides is 2. The summed E-state index contributed by atoms with van der Waals surface area (Å²) in [5.41, 5.74) is 2.73. The fourth-order valence-corrected chi connectivity index (χ4v) is 3.39. The number of nitrogens with zero attached hydrogens (tertiary/aromatic N) is 1. The van der Waals surface area contributed by atoms with Crippen LogP contribution in [0.3, 0.4) is 0 Å². The third kappa shape index (κ3) is 3.01. The molecule has 3 aromatic rings. The first kappa shape index (κ1) is 15.4. The van der Waals surface area contributed by atoms with Gasteiger partial charge in [0.25, 0.3) is 5.91 Å². The van der Waals surface area contributed by atoms with Crippen LogP contribution in [0, 0.1) is 0 Å². The summed E-state index contributed by atoms with van der Waals surface area (Å²) in [5.74, 6) is -0.161. The van der Waals surface area contributed by atoms with E-state index in [0.29, 0.717) is 18.7 Å². The summed E-state index contributed by atoms with van der Waals surface area (Å²) < 4.78 is 2.13. The molecule has 5 heteroatoms. The molecule has 0 bridgehead atoms. The van der Waals surface area contributed by atoms with Crippen LogP contribution < -0.4 is 10.6 Å². The normalized spacial score (nSPS) is 15.8. The summed E-state index contributed by atoms with van der Waals surface area (Å²) >= 11 is 0. The van der Waals surface area contributed by atoms with Gasteiger partial charge >= 0.3 is 0 Å². The van der Waals surface area contributed by atoms with Crippen LogP contribution >= 0.6 is 0 Å². The lowest BCUT2D eigenvalue weighted by Crippen LogP contribution is -2.31. The summed E-state index contributed by atoms with van der Waals surface area (Å²) in [5, 5.41) is 7.01. The predicted octanol–water partition coefficient (Wildman–Crippen LogP) is 2.63.